The number of hydrogen-bond donors (Lipinski definition) is 1. The summed E-state index contributed by atoms with van der Waals surface area (Å²) in [5, 5.41) is 10.3. The second kappa shape index (κ2) is 6.76. The smallest absolute Gasteiger partial charge is 0.0580 e. The van der Waals surface area contributed by atoms with E-state index >= 15 is 0 Å². The van der Waals surface area contributed by atoms with E-state index in [1.807, 2.05) is 0 Å². The second-order valence-corrected chi connectivity index (χ2v) is 7.12. The maximum absolute atomic E-state index is 10.3. The van der Waals surface area contributed by atoms with Crippen molar-refractivity contribution in [1.29, 1.82) is 0 Å². The Balaban J connectivity index is 2.28. The van der Waals surface area contributed by atoms with Crippen LogP contribution in [0.3, 0.4) is 0 Å². The van der Waals surface area contributed by atoms with Crippen LogP contribution in [0.2, 0.25) is 0 Å². The van der Waals surface area contributed by atoms with E-state index in [1.54, 1.807) is 0 Å². The average molecular weight is 274 g/mol. The molecular formula is C19H30O. The van der Waals surface area contributed by atoms with E-state index < -0.39 is 0 Å². The quantitative estimate of drug-likeness (QED) is 0.675. The summed E-state index contributed by atoms with van der Waals surface area (Å²) in [5.74, 6) is 2.63. The van der Waals surface area contributed by atoms with Gasteiger partial charge in [0.1, 0.15) is 0 Å². The highest BCUT2D eigenvalue weighted by atomic mass is 16.3. The van der Waals surface area contributed by atoms with Gasteiger partial charge in [0.15, 0.2) is 0 Å². The molecular weight excluding hydrogens is 244 g/mol. The number of aliphatic hydroxyl groups excluding tert-OH is 1. The summed E-state index contributed by atoms with van der Waals surface area (Å²) in [5.41, 5.74) is 2.84. The number of hydrogen-bond acceptors (Lipinski definition) is 1. The van der Waals surface area contributed by atoms with Gasteiger partial charge in [-0.15, -0.1) is 0 Å². The van der Waals surface area contributed by atoms with Crippen LogP contribution >= 0.6 is 0 Å². The predicted molar refractivity (Wildman–Crippen MR) is 86.4 cm³/mol. The molecule has 1 N–H and O–H groups in total. The molecule has 1 nitrogen and oxygen atoms in total. The molecule has 0 unspecified atom stereocenters. The molecule has 4 atom stereocenters. The molecule has 0 aromatic carbocycles. The van der Waals surface area contributed by atoms with Crippen molar-refractivity contribution in [3.8, 4) is 0 Å². The molecule has 0 aliphatic heterocycles. The molecule has 0 heterocycles. The van der Waals surface area contributed by atoms with E-state index in [1.165, 1.54) is 17.6 Å². The third-order valence-electron chi connectivity index (χ3n) is 5.25. The van der Waals surface area contributed by atoms with Gasteiger partial charge in [0.25, 0.3) is 0 Å². The van der Waals surface area contributed by atoms with Crippen molar-refractivity contribution in [2.45, 2.75) is 59.0 Å². The lowest BCUT2D eigenvalue weighted by Gasteiger charge is -2.41. The number of allylic oxidation sites excluding steroid dienone is 4. The fraction of sp³-hybridized carbons (Fsp3) is 0.684. The van der Waals surface area contributed by atoms with Gasteiger partial charge in [0.2, 0.25) is 0 Å². The third kappa shape index (κ3) is 3.63. The Morgan fingerprint density at radius 2 is 2.00 bits per heavy atom. The Morgan fingerprint density at radius 3 is 2.70 bits per heavy atom. The normalized spacial score (nSPS) is 37.2. The molecule has 0 amide bonds. The molecule has 112 valence electrons. The van der Waals surface area contributed by atoms with Gasteiger partial charge in [-0.3, -0.25) is 0 Å². The number of aliphatic hydroxyl groups is 1. The fourth-order valence-corrected chi connectivity index (χ4v) is 4.01. The summed E-state index contributed by atoms with van der Waals surface area (Å²) in [7, 11) is 0. The van der Waals surface area contributed by atoms with Crippen LogP contribution in [0.5, 0.6) is 0 Å². The summed E-state index contributed by atoms with van der Waals surface area (Å²) in [4.78, 5) is 0. The van der Waals surface area contributed by atoms with Gasteiger partial charge >= 0.3 is 0 Å². The van der Waals surface area contributed by atoms with Gasteiger partial charge in [-0.2, -0.15) is 0 Å². The Hall–Kier alpha value is -0.820. The van der Waals surface area contributed by atoms with Crippen molar-refractivity contribution in [3.05, 3.63) is 36.0 Å². The lowest BCUT2D eigenvalue weighted by molar-refractivity contribution is 0.103. The van der Waals surface area contributed by atoms with Crippen LogP contribution in [-0.2, 0) is 0 Å². The van der Waals surface area contributed by atoms with Gasteiger partial charge < -0.3 is 5.11 Å². The lowest BCUT2D eigenvalue weighted by atomic mass is 9.64. The SMILES string of the molecule is C=C1C/C=C\C[C@@H](O)C[C@H]2C(C)=CC[C@H](C(C)C)[C@H]2C1. The summed E-state index contributed by atoms with van der Waals surface area (Å²) >= 11 is 0. The van der Waals surface area contributed by atoms with E-state index in [2.05, 4.69) is 45.6 Å². The first-order valence-corrected chi connectivity index (χ1v) is 8.15. The molecule has 20 heavy (non-hydrogen) atoms. The monoisotopic (exact) mass is 274 g/mol. The minimum Gasteiger partial charge on any atom is -0.393 e. The molecule has 2 rings (SSSR count). The molecule has 0 radical (unpaired) electrons. The van der Waals surface area contributed by atoms with Crippen molar-refractivity contribution in [3.63, 3.8) is 0 Å². The van der Waals surface area contributed by atoms with Crippen molar-refractivity contribution < 1.29 is 5.11 Å². The standard InChI is InChI=1S/C19H30O/c1-13(2)17-10-9-15(4)18-12-16(20)8-6-5-7-14(3)11-19(17)18/h5-6,9,13,16-20H,3,7-8,10-12H2,1-2,4H3/b6-5-/t16-,17-,18+,19-/m1/s1. The van der Waals surface area contributed by atoms with Crippen LogP contribution < -0.4 is 0 Å². The maximum Gasteiger partial charge on any atom is 0.0580 e. The van der Waals surface area contributed by atoms with Crippen LogP contribution in [0.15, 0.2) is 36.0 Å². The Kier molecular flexibility index (Phi) is 5.26. The Bertz CT molecular complexity index is 402. The average Bonchev–Trinajstić information content (AvgIpc) is 2.38. The molecule has 2 aliphatic rings. The van der Waals surface area contributed by atoms with Gasteiger partial charge in [-0.1, -0.05) is 49.8 Å². The molecule has 0 aromatic rings. The molecule has 0 aromatic heterocycles. The molecule has 0 saturated heterocycles. The Labute approximate surface area is 124 Å². The van der Waals surface area contributed by atoms with Crippen LogP contribution in [0.25, 0.3) is 0 Å². The zero-order valence-corrected chi connectivity index (χ0v) is 13.3. The maximum atomic E-state index is 10.3. The first kappa shape index (κ1) is 15.6. The predicted octanol–water partition coefficient (Wildman–Crippen LogP) is 4.89. The van der Waals surface area contributed by atoms with Crippen LogP contribution in [-0.4, -0.2) is 11.2 Å². The summed E-state index contributed by atoms with van der Waals surface area (Å²) in [6.45, 7) is 11.2. The fourth-order valence-electron chi connectivity index (χ4n) is 4.01. The zero-order valence-electron chi connectivity index (χ0n) is 13.3. The number of fused-ring (bicyclic) bond motifs is 1. The highest BCUT2D eigenvalue weighted by molar-refractivity contribution is 5.16. The van der Waals surface area contributed by atoms with Crippen molar-refractivity contribution in [2.24, 2.45) is 23.7 Å². The summed E-state index contributed by atoms with van der Waals surface area (Å²) < 4.78 is 0. The highest BCUT2D eigenvalue weighted by Gasteiger charge is 2.36. The van der Waals surface area contributed by atoms with Crippen LogP contribution in [0.1, 0.15) is 52.9 Å². The van der Waals surface area contributed by atoms with Gasteiger partial charge in [0, 0.05) is 0 Å². The van der Waals surface area contributed by atoms with E-state index in [0.717, 1.165) is 31.6 Å². The molecule has 0 fully saturated rings. The first-order chi connectivity index (χ1) is 9.49. The van der Waals surface area contributed by atoms with Gasteiger partial charge in [0.05, 0.1) is 6.10 Å². The minimum atomic E-state index is -0.195. The molecule has 0 spiro atoms. The molecule has 0 bridgehead atoms. The van der Waals surface area contributed by atoms with E-state index in [0.29, 0.717) is 17.8 Å². The molecule has 2 aliphatic carbocycles. The van der Waals surface area contributed by atoms with Crippen LogP contribution in [0.4, 0.5) is 0 Å². The van der Waals surface area contributed by atoms with E-state index in [9.17, 15) is 5.11 Å². The Morgan fingerprint density at radius 1 is 1.25 bits per heavy atom. The summed E-state index contributed by atoms with van der Waals surface area (Å²) in [6.07, 6.45) is 11.5. The van der Waals surface area contributed by atoms with Gasteiger partial charge in [-0.05, 0) is 62.7 Å². The minimum absolute atomic E-state index is 0.195. The van der Waals surface area contributed by atoms with Gasteiger partial charge in [-0.25, -0.2) is 0 Å². The number of rotatable bonds is 1. The van der Waals surface area contributed by atoms with E-state index in [4.69, 9.17) is 0 Å². The molecule has 1 heteroatoms. The first-order valence-electron chi connectivity index (χ1n) is 8.15. The largest absolute Gasteiger partial charge is 0.393 e. The van der Waals surface area contributed by atoms with Crippen molar-refractivity contribution in [2.75, 3.05) is 0 Å². The highest BCUT2D eigenvalue weighted by Crippen LogP contribution is 2.44. The lowest BCUT2D eigenvalue weighted by Crippen LogP contribution is -2.33. The molecule has 0 saturated carbocycles. The second-order valence-electron chi connectivity index (χ2n) is 7.12. The van der Waals surface area contributed by atoms with Crippen LogP contribution in [0, 0.1) is 23.7 Å². The zero-order chi connectivity index (χ0) is 14.7. The van der Waals surface area contributed by atoms with Crippen molar-refractivity contribution >= 4 is 0 Å². The third-order valence-corrected chi connectivity index (χ3v) is 5.25. The van der Waals surface area contributed by atoms with Crippen molar-refractivity contribution in [1.82, 2.24) is 0 Å². The summed E-state index contributed by atoms with van der Waals surface area (Å²) in [6, 6.07) is 0. The van der Waals surface area contributed by atoms with E-state index in [-0.39, 0.29) is 6.10 Å². The topological polar surface area (TPSA) is 20.2 Å².